The van der Waals surface area contributed by atoms with E-state index < -0.39 is 12.2 Å². The van der Waals surface area contributed by atoms with Crippen molar-refractivity contribution >= 4 is 23.5 Å². The van der Waals surface area contributed by atoms with Gasteiger partial charge in [-0.25, -0.2) is 4.79 Å². The monoisotopic (exact) mass is 333 g/mol. The summed E-state index contributed by atoms with van der Waals surface area (Å²) in [5.74, 6) is 0.984. The first-order valence-electron chi connectivity index (χ1n) is 7.42. The molecule has 0 saturated carbocycles. The highest BCUT2D eigenvalue weighted by atomic mass is 16.5. The Hall–Kier alpha value is -3.03. The van der Waals surface area contributed by atoms with Gasteiger partial charge in [0.15, 0.2) is 11.9 Å². The Morgan fingerprint density at radius 3 is 2.75 bits per heavy atom. The van der Waals surface area contributed by atoms with Gasteiger partial charge in [-0.05, 0) is 32.9 Å². The number of benzene rings is 1. The van der Waals surface area contributed by atoms with Crippen LogP contribution in [0.1, 0.15) is 19.6 Å². The SMILES string of the molecule is CCOC(=O)Nc1cccc(OC(C)C(=O)Nc2cc(C)on2)c1. The maximum Gasteiger partial charge on any atom is 0.411 e. The molecule has 0 radical (unpaired) electrons. The minimum absolute atomic E-state index is 0.279. The van der Waals surface area contributed by atoms with Crippen molar-refractivity contribution in [2.45, 2.75) is 26.9 Å². The molecule has 0 spiro atoms. The average molecular weight is 333 g/mol. The van der Waals surface area contributed by atoms with Gasteiger partial charge >= 0.3 is 6.09 Å². The largest absolute Gasteiger partial charge is 0.481 e. The normalized spacial score (nSPS) is 11.5. The van der Waals surface area contributed by atoms with Crippen LogP contribution in [0.15, 0.2) is 34.9 Å². The van der Waals surface area contributed by atoms with Gasteiger partial charge in [0.25, 0.3) is 5.91 Å². The molecule has 0 saturated heterocycles. The molecule has 0 aliphatic carbocycles. The second-order valence-corrected chi connectivity index (χ2v) is 4.95. The van der Waals surface area contributed by atoms with Crippen LogP contribution in [0.2, 0.25) is 0 Å². The molecule has 128 valence electrons. The molecule has 2 N–H and O–H groups in total. The number of aromatic nitrogens is 1. The molecule has 1 aromatic carbocycles. The summed E-state index contributed by atoms with van der Waals surface area (Å²) in [4.78, 5) is 23.5. The molecule has 8 heteroatoms. The minimum atomic E-state index is -0.764. The zero-order chi connectivity index (χ0) is 17.5. The summed E-state index contributed by atoms with van der Waals surface area (Å²) in [6.07, 6.45) is -1.32. The van der Waals surface area contributed by atoms with Gasteiger partial charge in [0.05, 0.1) is 6.61 Å². The first kappa shape index (κ1) is 17.3. The van der Waals surface area contributed by atoms with Crippen LogP contribution < -0.4 is 15.4 Å². The van der Waals surface area contributed by atoms with Gasteiger partial charge < -0.3 is 19.3 Å². The first-order chi connectivity index (χ1) is 11.5. The Balaban J connectivity index is 1.94. The van der Waals surface area contributed by atoms with Crippen LogP contribution in [-0.4, -0.2) is 29.9 Å². The third-order valence-corrected chi connectivity index (χ3v) is 2.92. The number of aryl methyl sites for hydroxylation is 1. The number of rotatable bonds is 6. The summed E-state index contributed by atoms with van der Waals surface area (Å²) >= 11 is 0. The van der Waals surface area contributed by atoms with Crippen LogP contribution in [-0.2, 0) is 9.53 Å². The maximum absolute atomic E-state index is 12.1. The third-order valence-electron chi connectivity index (χ3n) is 2.92. The van der Waals surface area contributed by atoms with Gasteiger partial charge in [-0.2, -0.15) is 0 Å². The number of nitrogens with zero attached hydrogens (tertiary/aromatic N) is 1. The van der Waals surface area contributed by atoms with Crippen molar-refractivity contribution in [1.82, 2.24) is 5.16 Å². The van der Waals surface area contributed by atoms with E-state index in [2.05, 4.69) is 15.8 Å². The fraction of sp³-hybridized carbons (Fsp3) is 0.312. The van der Waals surface area contributed by atoms with Crippen LogP contribution in [0.3, 0.4) is 0 Å². The number of ether oxygens (including phenoxy) is 2. The van der Waals surface area contributed by atoms with Crippen molar-refractivity contribution in [2.24, 2.45) is 0 Å². The Kier molecular flexibility index (Phi) is 5.78. The predicted molar refractivity (Wildman–Crippen MR) is 87.0 cm³/mol. The summed E-state index contributed by atoms with van der Waals surface area (Å²) in [5, 5.41) is 8.84. The number of carbonyl (C=O) groups excluding carboxylic acids is 2. The van der Waals surface area contributed by atoms with Crippen molar-refractivity contribution < 1.29 is 23.6 Å². The van der Waals surface area contributed by atoms with E-state index in [-0.39, 0.29) is 12.5 Å². The van der Waals surface area contributed by atoms with Crippen LogP contribution in [0.25, 0.3) is 0 Å². The van der Waals surface area contributed by atoms with E-state index in [0.29, 0.717) is 23.0 Å². The number of nitrogens with one attached hydrogen (secondary N) is 2. The molecule has 0 aliphatic heterocycles. The Labute approximate surface area is 139 Å². The Morgan fingerprint density at radius 1 is 1.29 bits per heavy atom. The summed E-state index contributed by atoms with van der Waals surface area (Å²) in [5.41, 5.74) is 0.505. The molecule has 0 fully saturated rings. The number of amides is 2. The van der Waals surface area contributed by atoms with E-state index in [0.717, 1.165) is 0 Å². The third kappa shape index (κ3) is 5.01. The van der Waals surface area contributed by atoms with Crippen molar-refractivity contribution in [2.75, 3.05) is 17.2 Å². The second-order valence-electron chi connectivity index (χ2n) is 4.95. The number of hydrogen-bond donors (Lipinski definition) is 2. The summed E-state index contributed by atoms with van der Waals surface area (Å²) in [7, 11) is 0. The van der Waals surface area contributed by atoms with Gasteiger partial charge in [-0.15, -0.1) is 0 Å². The highest BCUT2D eigenvalue weighted by Crippen LogP contribution is 2.19. The highest BCUT2D eigenvalue weighted by Gasteiger charge is 2.16. The van der Waals surface area contributed by atoms with Crippen molar-refractivity contribution in [1.29, 1.82) is 0 Å². The lowest BCUT2D eigenvalue weighted by atomic mass is 10.3. The zero-order valence-electron chi connectivity index (χ0n) is 13.7. The smallest absolute Gasteiger partial charge is 0.411 e. The molecule has 1 aromatic heterocycles. The molecule has 2 rings (SSSR count). The molecular weight excluding hydrogens is 314 g/mol. The van der Waals surface area contributed by atoms with E-state index >= 15 is 0 Å². The molecule has 1 atom stereocenters. The summed E-state index contributed by atoms with van der Waals surface area (Å²) in [6, 6.07) is 8.27. The number of hydrogen-bond acceptors (Lipinski definition) is 6. The Morgan fingerprint density at radius 2 is 2.08 bits per heavy atom. The topological polar surface area (TPSA) is 103 Å². The van der Waals surface area contributed by atoms with Crippen molar-refractivity contribution in [3.63, 3.8) is 0 Å². The molecule has 8 nitrogen and oxygen atoms in total. The van der Waals surface area contributed by atoms with Crippen molar-refractivity contribution in [3.8, 4) is 5.75 Å². The molecule has 1 heterocycles. The van der Waals surface area contributed by atoms with E-state index in [1.54, 1.807) is 51.1 Å². The lowest BCUT2D eigenvalue weighted by molar-refractivity contribution is -0.122. The standard InChI is InChI=1S/C16H19N3O5/c1-4-22-16(21)17-12-6-5-7-13(9-12)23-11(3)15(20)18-14-8-10(2)24-19-14/h5-9,11H,4H2,1-3H3,(H,17,21)(H,18,19,20). The van der Waals surface area contributed by atoms with Crippen LogP contribution in [0.5, 0.6) is 5.75 Å². The van der Waals surface area contributed by atoms with Gasteiger partial charge in [0, 0.05) is 17.8 Å². The average Bonchev–Trinajstić information content (AvgIpc) is 2.92. The van der Waals surface area contributed by atoms with E-state index in [9.17, 15) is 9.59 Å². The fourth-order valence-electron chi connectivity index (χ4n) is 1.84. The molecule has 0 aliphatic rings. The molecule has 1 unspecified atom stereocenters. The number of anilines is 2. The lowest BCUT2D eigenvalue weighted by Crippen LogP contribution is -2.30. The van der Waals surface area contributed by atoms with Crippen LogP contribution >= 0.6 is 0 Å². The molecule has 0 bridgehead atoms. The first-order valence-corrected chi connectivity index (χ1v) is 7.42. The highest BCUT2D eigenvalue weighted by molar-refractivity contribution is 5.93. The molecule has 2 amide bonds. The van der Waals surface area contributed by atoms with Crippen molar-refractivity contribution in [3.05, 3.63) is 36.1 Å². The quantitative estimate of drug-likeness (QED) is 0.842. The second kappa shape index (κ2) is 8.00. The fourth-order valence-corrected chi connectivity index (χ4v) is 1.84. The molecular formula is C16H19N3O5. The predicted octanol–water partition coefficient (Wildman–Crippen LogP) is 2.96. The van der Waals surface area contributed by atoms with Crippen LogP contribution in [0, 0.1) is 6.92 Å². The Bertz CT molecular complexity index is 713. The summed E-state index contributed by atoms with van der Waals surface area (Å²) < 4.78 is 15.3. The minimum Gasteiger partial charge on any atom is -0.481 e. The van der Waals surface area contributed by atoms with Gasteiger partial charge in [0.2, 0.25) is 0 Å². The van der Waals surface area contributed by atoms with E-state index in [1.807, 2.05) is 0 Å². The number of carbonyl (C=O) groups is 2. The summed E-state index contributed by atoms with van der Waals surface area (Å²) in [6.45, 7) is 5.33. The van der Waals surface area contributed by atoms with Gasteiger partial charge in [-0.3, -0.25) is 10.1 Å². The van der Waals surface area contributed by atoms with Gasteiger partial charge in [0.1, 0.15) is 11.5 Å². The zero-order valence-corrected chi connectivity index (χ0v) is 13.7. The van der Waals surface area contributed by atoms with E-state index in [4.69, 9.17) is 14.0 Å². The van der Waals surface area contributed by atoms with Crippen LogP contribution in [0.4, 0.5) is 16.3 Å². The van der Waals surface area contributed by atoms with E-state index in [1.165, 1.54) is 0 Å². The van der Waals surface area contributed by atoms with Gasteiger partial charge in [-0.1, -0.05) is 11.2 Å². The maximum atomic E-state index is 12.1. The molecule has 24 heavy (non-hydrogen) atoms. The lowest BCUT2D eigenvalue weighted by Gasteiger charge is -2.14. The molecule has 2 aromatic rings.